The van der Waals surface area contributed by atoms with Gasteiger partial charge in [-0.25, -0.2) is 4.79 Å². The van der Waals surface area contributed by atoms with Crippen LogP contribution in [0.5, 0.6) is 5.75 Å². The normalized spacial score (nSPS) is 21.7. The fourth-order valence-electron chi connectivity index (χ4n) is 5.73. The van der Waals surface area contributed by atoms with Crippen LogP contribution in [0.15, 0.2) is 59.1 Å². The average Bonchev–Trinajstić information content (AvgIpc) is 3.40. The van der Waals surface area contributed by atoms with Gasteiger partial charge in [-0.1, -0.05) is 23.4 Å². The van der Waals surface area contributed by atoms with Crippen LogP contribution < -0.4 is 9.64 Å². The lowest BCUT2D eigenvalue weighted by atomic mass is 9.81. The first-order valence-corrected chi connectivity index (χ1v) is 13.3. The van der Waals surface area contributed by atoms with Gasteiger partial charge in [-0.3, -0.25) is 19.5 Å². The standard InChI is InChI=1S/C30H33N5O4/c1-20(2)38-27-10-6-8-24(15-27)18-33-12-11-30(16-21(33)3)28(36)34(19-25-13-22(4)39-32-25)29(37)35(30)26-9-5-7-23(14-26)17-31/h5-10,13-15,20-21H,11-12,16,18-19H2,1-4H3/t21-,30+/m0/s1. The summed E-state index contributed by atoms with van der Waals surface area (Å²) in [6.07, 6.45) is 1.02. The number of rotatable bonds is 7. The summed E-state index contributed by atoms with van der Waals surface area (Å²) in [4.78, 5) is 33.2. The molecule has 5 rings (SSSR count). The summed E-state index contributed by atoms with van der Waals surface area (Å²) in [7, 11) is 0. The lowest BCUT2D eigenvalue weighted by Gasteiger charge is -2.45. The van der Waals surface area contributed by atoms with Gasteiger partial charge in [0.15, 0.2) is 0 Å². The van der Waals surface area contributed by atoms with Crippen LogP contribution in [-0.4, -0.2) is 51.1 Å². The van der Waals surface area contributed by atoms with Crippen molar-refractivity contribution in [3.8, 4) is 11.8 Å². The third-order valence-electron chi connectivity index (χ3n) is 7.45. The van der Waals surface area contributed by atoms with Crippen molar-refractivity contribution in [1.82, 2.24) is 15.0 Å². The number of likely N-dealkylation sites (tertiary alicyclic amines) is 1. The smallest absolute Gasteiger partial charge is 0.332 e. The van der Waals surface area contributed by atoms with E-state index in [0.717, 1.165) is 11.3 Å². The zero-order valence-electron chi connectivity index (χ0n) is 22.8. The number of anilines is 1. The third-order valence-corrected chi connectivity index (χ3v) is 7.45. The molecule has 2 atom stereocenters. The van der Waals surface area contributed by atoms with Crippen molar-refractivity contribution < 1.29 is 18.8 Å². The van der Waals surface area contributed by atoms with E-state index in [-0.39, 0.29) is 24.6 Å². The first-order chi connectivity index (χ1) is 18.7. The Labute approximate surface area is 228 Å². The van der Waals surface area contributed by atoms with Crippen molar-refractivity contribution >= 4 is 17.6 Å². The summed E-state index contributed by atoms with van der Waals surface area (Å²) in [6.45, 7) is 9.25. The molecule has 9 heteroatoms. The molecule has 2 fully saturated rings. The summed E-state index contributed by atoms with van der Waals surface area (Å²) < 4.78 is 11.0. The van der Waals surface area contributed by atoms with Crippen LogP contribution in [0.2, 0.25) is 0 Å². The zero-order chi connectivity index (χ0) is 27.7. The maximum absolute atomic E-state index is 14.1. The van der Waals surface area contributed by atoms with Gasteiger partial charge < -0.3 is 9.26 Å². The third kappa shape index (κ3) is 5.12. The minimum atomic E-state index is -1.05. The molecular formula is C30H33N5O4. The van der Waals surface area contributed by atoms with Gasteiger partial charge in [0.05, 0.1) is 24.3 Å². The van der Waals surface area contributed by atoms with Crippen LogP contribution in [0.25, 0.3) is 0 Å². The number of amides is 3. The zero-order valence-corrected chi connectivity index (χ0v) is 22.8. The largest absolute Gasteiger partial charge is 0.491 e. The number of urea groups is 1. The molecule has 0 saturated carbocycles. The molecule has 0 N–H and O–H groups in total. The Kier molecular flexibility index (Phi) is 7.15. The number of imide groups is 1. The van der Waals surface area contributed by atoms with Gasteiger partial charge in [0.1, 0.15) is 22.7 Å². The predicted octanol–water partition coefficient (Wildman–Crippen LogP) is 5.03. The molecule has 9 nitrogen and oxygen atoms in total. The highest BCUT2D eigenvalue weighted by atomic mass is 16.5. The van der Waals surface area contributed by atoms with Crippen LogP contribution in [0.4, 0.5) is 10.5 Å². The van der Waals surface area contributed by atoms with Crippen LogP contribution in [0, 0.1) is 18.3 Å². The Hall–Kier alpha value is -4.16. The average molecular weight is 528 g/mol. The lowest BCUT2D eigenvalue weighted by molar-refractivity contribution is -0.133. The number of aryl methyl sites for hydroxylation is 1. The molecule has 0 unspecified atom stereocenters. The Morgan fingerprint density at radius 3 is 2.64 bits per heavy atom. The Balaban J connectivity index is 1.44. The molecule has 2 aliphatic heterocycles. The number of carbonyl (C=O) groups is 2. The van der Waals surface area contributed by atoms with Crippen molar-refractivity contribution in [2.75, 3.05) is 11.4 Å². The van der Waals surface area contributed by atoms with E-state index < -0.39 is 11.6 Å². The van der Waals surface area contributed by atoms with Gasteiger partial charge >= 0.3 is 6.03 Å². The number of nitriles is 1. The van der Waals surface area contributed by atoms with E-state index in [1.165, 1.54) is 4.90 Å². The van der Waals surface area contributed by atoms with E-state index in [1.807, 2.05) is 26.0 Å². The van der Waals surface area contributed by atoms with Crippen LogP contribution in [0.3, 0.4) is 0 Å². The summed E-state index contributed by atoms with van der Waals surface area (Å²) >= 11 is 0. The monoisotopic (exact) mass is 527 g/mol. The summed E-state index contributed by atoms with van der Waals surface area (Å²) in [5, 5.41) is 13.5. The van der Waals surface area contributed by atoms with Gasteiger partial charge in [-0.2, -0.15) is 5.26 Å². The summed E-state index contributed by atoms with van der Waals surface area (Å²) in [6, 6.07) is 18.5. The molecule has 1 aromatic heterocycles. The first kappa shape index (κ1) is 26.4. The van der Waals surface area contributed by atoms with E-state index in [9.17, 15) is 14.9 Å². The molecule has 0 aliphatic carbocycles. The number of hydrogen-bond donors (Lipinski definition) is 0. The minimum absolute atomic E-state index is 0.0149. The highest BCUT2D eigenvalue weighted by Crippen LogP contribution is 2.43. The SMILES string of the molecule is Cc1cc(CN2C(=O)N(c3cccc(C#N)c3)[C@@]3(CCN(Cc4cccc(OC(C)C)c4)[C@@H](C)C3)C2=O)no1. The molecular weight excluding hydrogens is 494 g/mol. The second-order valence-electron chi connectivity index (χ2n) is 10.7. The van der Waals surface area contributed by atoms with E-state index >= 15 is 0 Å². The Bertz CT molecular complexity index is 1430. The first-order valence-electron chi connectivity index (χ1n) is 13.3. The molecule has 3 aromatic rings. The second kappa shape index (κ2) is 10.5. The Morgan fingerprint density at radius 1 is 1.15 bits per heavy atom. The quantitative estimate of drug-likeness (QED) is 0.397. The minimum Gasteiger partial charge on any atom is -0.491 e. The number of piperidine rings is 1. The molecule has 3 amide bonds. The van der Waals surface area contributed by atoms with Crippen molar-refractivity contribution in [3.05, 3.63) is 77.2 Å². The fraction of sp³-hybridized carbons (Fsp3) is 0.400. The molecule has 1 spiro atoms. The van der Waals surface area contributed by atoms with Crippen molar-refractivity contribution in [2.24, 2.45) is 0 Å². The van der Waals surface area contributed by atoms with Gasteiger partial charge in [0.25, 0.3) is 5.91 Å². The summed E-state index contributed by atoms with van der Waals surface area (Å²) in [5.74, 6) is 1.21. The number of hydrogen-bond acceptors (Lipinski definition) is 7. The molecule has 2 saturated heterocycles. The molecule has 0 radical (unpaired) electrons. The molecule has 3 heterocycles. The van der Waals surface area contributed by atoms with Crippen LogP contribution >= 0.6 is 0 Å². The predicted molar refractivity (Wildman–Crippen MR) is 145 cm³/mol. The number of benzene rings is 2. The van der Waals surface area contributed by atoms with Gasteiger partial charge in [0, 0.05) is 30.9 Å². The van der Waals surface area contributed by atoms with Gasteiger partial charge in [-0.05, 0) is 76.4 Å². The topological polar surface area (TPSA) is 103 Å². The molecule has 0 bridgehead atoms. The number of ether oxygens (including phenoxy) is 1. The van der Waals surface area contributed by atoms with Crippen LogP contribution in [-0.2, 0) is 17.9 Å². The fourth-order valence-corrected chi connectivity index (χ4v) is 5.73. The maximum Gasteiger partial charge on any atom is 0.332 e. The van der Waals surface area contributed by atoms with Crippen molar-refractivity contribution in [1.29, 1.82) is 5.26 Å². The number of carbonyl (C=O) groups excluding carboxylic acids is 2. The number of aromatic nitrogens is 1. The van der Waals surface area contributed by atoms with Gasteiger partial charge in [0.2, 0.25) is 0 Å². The molecule has 202 valence electrons. The molecule has 2 aromatic carbocycles. The van der Waals surface area contributed by atoms with E-state index in [1.54, 1.807) is 42.2 Å². The highest BCUT2D eigenvalue weighted by Gasteiger charge is 2.59. The number of nitrogens with zero attached hydrogens (tertiary/aromatic N) is 5. The van der Waals surface area contributed by atoms with E-state index in [2.05, 4.69) is 35.2 Å². The maximum atomic E-state index is 14.1. The van der Waals surface area contributed by atoms with E-state index in [4.69, 9.17) is 9.26 Å². The van der Waals surface area contributed by atoms with E-state index in [0.29, 0.717) is 48.6 Å². The second-order valence-corrected chi connectivity index (χ2v) is 10.7. The van der Waals surface area contributed by atoms with Crippen LogP contribution in [0.1, 0.15) is 56.2 Å². The van der Waals surface area contributed by atoms with Crippen molar-refractivity contribution in [2.45, 2.75) is 71.3 Å². The van der Waals surface area contributed by atoms with Crippen molar-refractivity contribution in [3.63, 3.8) is 0 Å². The summed E-state index contributed by atoms with van der Waals surface area (Å²) in [5.41, 5.74) is 1.58. The lowest BCUT2D eigenvalue weighted by Crippen LogP contribution is -2.59. The molecule has 39 heavy (non-hydrogen) atoms. The van der Waals surface area contributed by atoms with Gasteiger partial charge in [-0.15, -0.1) is 0 Å². The Morgan fingerprint density at radius 2 is 1.95 bits per heavy atom. The highest BCUT2D eigenvalue weighted by molar-refractivity contribution is 6.17. The molecule has 2 aliphatic rings.